The Kier molecular flexibility index (Phi) is 5.94. The largest absolute Gasteiger partial charge is 0.463 e. The van der Waals surface area contributed by atoms with Gasteiger partial charge in [0.2, 0.25) is 0 Å². The molecule has 0 aliphatic carbocycles. The van der Waals surface area contributed by atoms with Gasteiger partial charge in [0.25, 0.3) is 5.91 Å². The molecule has 0 radical (unpaired) electrons. The van der Waals surface area contributed by atoms with Gasteiger partial charge in [-0.1, -0.05) is 29.8 Å². The van der Waals surface area contributed by atoms with Crippen molar-refractivity contribution in [2.75, 3.05) is 11.9 Å². The monoisotopic (exact) mass is 371 g/mol. The van der Waals surface area contributed by atoms with E-state index in [1.165, 1.54) is 0 Å². The predicted molar refractivity (Wildman–Crippen MR) is 101 cm³/mol. The second-order valence-electron chi connectivity index (χ2n) is 5.85. The van der Waals surface area contributed by atoms with Crippen LogP contribution in [0.3, 0.4) is 0 Å². The number of hydrogen-bond donors (Lipinski definition) is 2. The van der Waals surface area contributed by atoms with Gasteiger partial charge in [-0.25, -0.2) is 0 Å². The molecule has 26 heavy (non-hydrogen) atoms. The van der Waals surface area contributed by atoms with Crippen LogP contribution in [0.5, 0.6) is 11.5 Å². The lowest BCUT2D eigenvalue weighted by Gasteiger charge is -2.13. The Balaban J connectivity index is 1.64. The normalized spacial score (nSPS) is 11.8. The van der Waals surface area contributed by atoms with Crippen LogP contribution in [0, 0.1) is 0 Å². The first-order valence-electron chi connectivity index (χ1n) is 8.31. The molecule has 0 bridgehead atoms. The maximum Gasteiger partial charge on any atom is 0.279 e. The van der Waals surface area contributed by atoms with Gasteiger partial charge >= 0.3 is 0 Å². The first-order valence-corrected chi connectivity index (χ1v) is 8.68. The van der Waals surface area contributed by atoms with E-state index in [0.717, 1.165) is 5.76 Å². The molecule has 6 heteroatoms. The number of amides is 1. The molecule has 2 aromatic carbocycles. The summed E-state index contributed by atoms with van der Waals surface area (Å²) in [5.41, 5.74) is 0.533. The Bertz CT molecular complexity index is 851. The number of anilines is 1. The highest BCUT2D eigenvalue weighted by atomic mass is 35.5. The number of nitrogens with two attached hydrogens (primary N) is 1. The summed E-state index contributed by atoms with van der Waals surface area (Å²) >= 11 is 6.07. The average Bonchev–Trinajstić information content (AvgIpc) is 3.18. The van der Waals surface area contributed by atoms with Gasteiger partial charge in [0.1, 0.15) is 11.8 Å². The van der Waals surface area contributed by atoms with Crippen molar-refractivity contribution in [2.24, 2.45) is 0 Å². The van der Waals surface area contributed by atoms with Gasteiger partial charge in [0.05, 0.1) is 12.0 Å². The maximum absolute atomic E-state index is 12.3. The van der Waals surface area contributed by atoms with E-state index < -0.39 is 0 Å². The molecule has 0 saturated carbocycles. The molecular formula is C20H20ClN2O3+. The molecule has 0 saturated heterocycles. The lowest BCUT2D eigenvalue weighted by molar-refractivity contribution is -0.684. The number of furan rings is 1. The van der Waals surface area contributed by atoms with Crippen molar-refractivity contribution >= 4 is 23.2 Å². The van der Waals surface area contributed by atoms with Crippen LogP contribution in [-0.2, 0) is 4.79 Å². The number of halogens is 1. The van der Waals surface area contributed by atoms with Crippen LogP contribution >= 0.6 is 11.6 Å². The number of para-hydroxylation sites is 1. The van der Waals surface area contributed by atoms with E-state index in [1.54, 1.807) is 24.5 Å². The Morgan fingerprint density at radius 1 is 1.19 bits per heavy atom. The van der Waals surface area contributed by atoms with Gasteiger partial charge in [0.15, 0.2) is 18.1 Å². The molecule has 1 heterocycles. The quantitative estimate of drug-likeness (QED) is 0.659. The molecule has 0 aliphatic rings. The van der Waals surface area contributed by atoms with E-state index in [2.05, 4.69) is 5.32 Å². The van der Waals surface area contributed by atoms with E-state index in [-0.39, 0.29) is 18.5 Å². The van der Waals surface area contributed by atoms with Crippen LogP contribution in [0.15, 0.2) is 71.3 Å². The Hall–Kier alpha value is -2.76. The number of carbonyl (C=O) groups is 1. The molecular weight excluding hydrogens is 352 g/mol. The topological polar surface area (TPSA) is 68.1 Å². The lowest BCUT2D eigenvalue weighted by Crippen LogP contribution is -2.86. The lowest BCUT2D eigenvalue weighted by atomic mass is 10.2. The molecule has 0 aliphatic heterocycles. The zero-order chi connectivity index (χ0) is 18.4. The minimum atomic E-state index is -0.149. The summed E-state index contributed by atoms with van der Waals surface area (Å²) in [6.45, 7) is 2.23. The summed E-state index contributed by atoms with van der Waals surface area (Å²) in [7, 11) is 0. The van der Waals surface area contributed by atoms with Crippen LogP contribution < -0.4 is 15.4 Å². The van der Waals surface area contributed by atoms with Crippen molar-refractivity contribution in [3.8, 4) is 11.5 Å². The number of rotatable bonds is 7. The van der Waals surface area contributed by atoms with Crippen molar-refractivity contribution in [1.29, 1.82) is 0 Å². The number of benzene rings is 2. The Morgan fingerprint density at radius 3 is 2.73 bits per heavy atom. The van der Waals surface area contributed by atoms with E-state index in [4.69, 9.17) is 20.8 Å². The van der Waals surface area contributed by atoms with Crippen LogP contribution in [0.25, 0.3) is 0 Å². The fraction of sp³-hybridized carbons (Fsp3) is 0.150. The number of hydrogen-bond acceptors (Lipinski definition) is 3. The first kappa shape index (κ1) is 18.0. The maximum atomic E-state index is 12.3. The summed E-state index contributed by atoms with van der Waals surface area (Å²) < 4.78 is 11.2. The van der Waals surface area contributed by atoms with Crippen molar-refractivity contribution in [3.63, 3.8) is 0 Å². The predicted octanol–water partition coefficient (Wildman–Crippen LogP) is 3.99. The van der Waals surface area contributed by atoms with Gasteiger partial charge in [-0.05, 0) is 49.4 Å². The second-order valence-corrected chi connectivity index (χ2v) is 6.28. The minimum Gasteiger partial charge on any atom is -0.463 e. The fourth-order valence-corrected chi connectivity index (χ4v) is 2.63. The van der Waals surface area contributed by atoms with Crippen LogP contribution in [0.1, 0.15) is 18.7 Å². The summed E-state index contributed by atoms with van der Waals surface area (Å²) in [5.74, 6) is 1.90. The summed E-state index contributed by atoms with van der Waals surface area (Å²) in [4.78, 5) is 12.3. The summed E-state index contributed by atoms with van der Waals surface area (Å²) in [6, 6.07) is 18.3. The third-order valence-electron chi connectivity index (χ3n) is 3.84. The minimum absolute atomic E-state index is 0.0511. The first-order chi connectivity index (χ1) is 12.6. The zero-order valence-corrected chi connectivity index (χ0v) is 15.1. The van der Waals surface area contributed by atoms with Gasteiger partial charge in [-0.2, -0.15) is 0 Å². The zero-order valence-electron chi connectivity index (χ0n) is 14.3. The number of nitrogens with one attached hydrogen (secondary N) is 1. The van der Waals surface area contributed by atoms with Crippen molar-refractivity contribution < 1.29 is 19.3 Å². The van der Waals surface area contributed by atoms with Crippen molar-refractivity contribution in [3.05, 3.63) is 77.7 Å². The fourth-order valence-electron chi connectivity index (χ4n) is 2.46. The molecule has 1 amide bonds. The van der Waals surface area contributed by atoms with Crippen LogP contribution in [0.2, 0.25) is 5.02 Å². The third kappa shape index (κ3) is 4.88. The van der Waals surface area contributed by atoms with E-state index in [9.17, 15) is 4.79 Å². The highest BCUT2D eigenvalue weighted by Gasteiger charge is 2.15. The highest BCUT2D eigenvalue weighted by Crippen LogP contribution is 2.31. The van der Waals surface area contributed by atoms with Crippen molar-refractivity contribution in [1.82, 2.24) is 0 Å². The SMILES string of the molecule is C[C@H]([NH2+]CC(=O)Nc1cc(Cl)ccc1Oc1ccccc1)c1ccco1. The number of quaternary nitrogens is 1. The van der Waals surface area contributed by atoms with Gasteiger partial charge in [-0.15, -0.1) is 0 Å². The average molecular weight is 372 g/mol. The molecule has 3 aromatic rings. The third-order valence-corrected chi connectivity index (χ3v) is 4.07. The van der Waals surface area contributed by atoms with Gasteiger partial charge in [0, 0.05) is 5.02 Å². The van der Waals surface area contributed by atoms with E-state index >= 15 is 0 Å². The molecule has 0 unspecified atom stereocenters. The smallest absolute Gasteiger partial charge is 0.279 e. The van der Waals surface area contributed by atoms with Gasteiger partial charge < -0.3 is 19.8 Å². The van der Waals surface area contributed by atoms with Crippen molar-refractivity contribution in [2.45, 2.75) is 13.0 Å². The standard InChI is InChI=1S/C20H19ClN2O3/c1-14(18-8-5-11-25-18)22-13-20(24)23-17-12-15(21)9-10-19(17)26-16-6-3-2-4-7-16/h2-12,14,22H,13H2,1H3,(H,23,24)/p+1/t14-/m0/s1. The molecule has 1 atom stereocenters. The summed E-state index contributed by atoms with van der Waals surface area (Å²) in [5, 5.41) is 5.28. The molecule has 5 nitrogen and oxygen atoms in total. The molecule has 3 N–H and O–H groups in total. The molecule has 134 valence electrons. The molecule has 0 spiro atoms. The van der Waals surface area contributed by atoms with E-state index in [1.807, 2.05) is 54.7 Å². The number of carbonyl (C=O) groups excluding carboxylic acids is 1. The summed E-state index contributed by atoms with van der Waals surface area (Å²) in [6.07, 6.45) is 1.62. The van der Waals surface area contributed by atoms with Gasteiger partial charge in [-0.3, -0.25) is 4.79 Å². The molecule has 1 aromatic heterocycles. The second kappa shape index (κ2) is 8.56. The highest BCUT2D eigenvalue weighted by molar-refractivity contribution is 6.31. The van der Waals surface area contributed by atoms with Crippen LogP contribution in [-0.4, -0.2) is 12.5 Å². The van der Waals surface area contributed by atoms with Crippen LogP contribution in [0.4, 0.5) is 5.69 Å². The molecule has 3 rings (SSSR count). The Labute approximate surface area is 156 Å². The Morgan fingerprint density at radius 2 is 2.00 bits per heavy atom. The molecule has 0 fully saturated rings. The van der Waals surface area contributed by atoms with E-state index in [0.29, 0.717) is 22.2 Å². The number of ether oxygens (including phenoxy) is 1.